The number of thioether (sulfide) groups is 1. The molecule has 0 aromatic heterocycles. The Labute approximate surface area is 115 Å². The summed E-state index contributed by atoms with van der Waals surface area (Å²) in [5, 5.41) is 3.88. The van der Waals surface area contributed by atoms with E-state index in [4.69, 9.17) is 0 Å². The van der Waals surface area contributed by atoms with Crippen molar-refractivity contribution in [2.75, 3.05) is 17.2 Å². The van der Waals surface area contributed by atoms with E-state index in [1.807, 2.05) is 24.3 Å². The number of carbonyl (C=O) groups is 2. The van der Waals surface area contributed by atoms with E-state index in [-0.39, 0.29) is 11.8 Å². The summed E-state index contributed by atoms with van der Waals surface area (Å²) in [5.74, 6) is 0.640. The average molecular weight is 275 g/mol. The fourth-order valence-corrected chi connectivity index (χ4v) is 3.16. The number of rotatable bonds is 1. The van der Waals surface area contributed by atoms with Gasteiger partial charge in [-0.15, -0.1) is 11.8 Å². The minimum atomic E-state index is -0.133. The van der Waals surface area contributed by atoms with E-state index < -0.39 is 0 Å². The van der Waals surface area contributed by atoms with Crippen LogP contribution in [0.5, 0.6) is 0 Å². The van der Waals surface area contributed by atoms with Crippen LogP contribution in [0, 0.1) is 0 Å². The number of para-hydroxylation sites is 1. The molecule has 5 nitrogen and oxygen atoms in total. The molecule has 6 heteroatoms. The van der Waals surface area contributed by atoms with Gasteiger partial charge in [0.25, 0.3) is 5.91 Å². The van der Waals surface area contributed by atoms with Crippen molar-refractivity contribution in [1.82, 2.24) is 5.43 Å². The number of hydrogen-bond acceptors (Lipinski definition) is 4. The molecule has 0 radical (unpaired) electrons. The molecule has 98 valence electrons. The molecule has 0 spiro atoms. The third-order valence-corrected chi connectivity index (χ3v) is 4.17. The first-order valence-corrected chi connectivity index (χ1v) is 7.13. The molecule has 1 N–H and O–H groups in total. The van der Waals surface area contributed by atoms with Gasteiger partial charge in [0.05, 0.1) is 5.69 Å². The van der Waals surface area contributed by atoms with Crippen molar-refractivity contribution in [1.29, 1.82) is 0 Å². The van der Waals surface area contributed by atoms with Crippen LogP contribution < -0.4 is 10.3 Å². The zero-order valence-electron chi connectivity index (χ0n) is 10.3. The molecule has 19 heavy (non-hydrogen) atoms. The molecule has 1 aromatic rings. The van der Waals surface area contributed by atoms with Crippen LogP contribution >= 0.6 is 11.8 Å². The number of fused-ring (bicyclic) bond motifs is 1. The topological polar surface area (TPSA) is 61.8 Å². The lowest BCUT2D eigenvalue weighted by atomic mass is 10.1. The maximum absolute atomic E-state index is 12.5. The van der Waals surface area contributed by atoms with Gasteiger partial charge in [-0.2, -0.15) is 5.10 Å². The number of hydrazone groups is 1. The van der Waals surface area contributed by atoms with E-state index in [9.17, 15) is 9.59 Å². The van der Waals surface area contributed by atoms with Crippen molar-refractivity contribution in [3.05, 3.63) is 24.3 Å². The molecule has 0 saturated heterocycles. The van der Waals surface area contributed by atoms with Crippen molar-refractivity contribution >= 4 is 35.0 Å². The van der Waals surface area contributed by atoms with E-state index in [1.54, 1.807) is 16.7 Å². The summed E-state index contributed by atoms with van der Waals surface area (Å²) in [6, 6.07) is 7.86. The Hall–Kier alpha value is -1.82. The molecule has 2 heterocycles. The van der Waals surface area contributed by atoms with Crippen molar-refractivity contribution in [3.8, 4) is 0 Å². The third-order valence-electron chi connectivity index (χ3n) is 3.12. The summed E-state index contributed by atoms with van der Waals surface area (Å²) in [7, 11) is 0. The maximum atomic E-state index is 12.5. The minimum absolute atomic E-state index is 0.104. The van der Waals surface area contributed by atoms with Gasteiger partial charge >= 0.3 is 0 Å². The molecule has 2 aliphatic heterocycles. The third kappa shape index (κ3) is 2.35. The lowest BCUT2D eigenvalue weighted by Crippen LogP contribution is -2.42. The van der Waals surface area contributed by atoms with Crippen LogP contribution in [0.4, 0.5) is 5.69 Å². The highest BCUT2D eigenvalue weighted by Crippen LogP contribution is 2.34. The number of amides is 2. The van der Waals surface area contributed by atoms with E-state index in [0.717, 1.165) is 16.3 Å². The van der Waals surface area contributed by atoms with Gasteiger partial charge in [-0.25, -0.2) is 5.43 Å². The monoisotopic (exact) mass is 275 g/mol. The highest BCUT2D eigenvalue weighted by atomic mass is 32.2. The first-order valence-electron chi connectivity index (χ1n) is 6.15. The summed E-state index contributed by atoms with van der Waals surface area (Å²) in [6.07, 6.45) is 0.741. The molecule has 0 aliphatic carbocycles. The molecule has 0 atom stereocenters. The molecule has 2 amide bonds. The molecule has 3 rings (SSSR count). The zero-order chi connectivity index (χ0) is 13.2. The number of carbonyl (C=O) groups excluding carboxylic acids is 2. The average Bonchev–Trinajstić information content (AvgIpc) is 2.47. The normalized spacial score (nSPS) is 18.4. The minimum Gasteiger partial charge on any atom is -0.305 e. The first kappa shape index (κ1) is 12.2. The van der Waals surface area contributed by atoms with Gasteiger partial charge in [0.1, 0.15) is 5.71 Å². The maximum Gasteiger partial charge on any atom is 0.274 e. The number of nitrogens with zero attached hydrogens (tertiary/aromatic N) is 2. The molecule has 0 bridgehead atoms. The van der Waals surface area contributed by atoms with Crippen LogP contribution in [-0.4, -0.2) is 29.8 Å². The van der Waals surface area contributed by atoms with E-state index in [2.05, 4.69) is 10.5 Å². The Kier molecular flexibility index (Phi) is 3.25. The summed E-state index contributed by atoms with van der Waals surface area (Å²) in [6.45, 7) is 0.674. The van der Waals surface area contributed by atoms with E-state index in [1.165, 1.54) is 0 Å². The van der Waals surface area contributed by atoms with Gasteiger partial charge in [-0.3, -0.25) is 9.59 Å². The Morgan fingerprint density at radius 1 is 1.32 bits per heavy atom. The fraction of sp³-hybridized carbons (Fsp3) is 0.308. The quantitative estimate of drug-likeness (QED) is 0.842. The van der Waals surface area contributed by atoms with Crippen molar-refractivity contribution in [2.24, 2.45) is 5.10 Å². The second kappa shape index (κ2) is 5.05. The molecular formula is C13H13N3O2S. The smallest absolute Gasteiger partial charge is 0.274 e. The molecular weight excluding hydrogens is 262 g/mol. The summed E-state index contributed by atoms with van der Waals surface area (Å²) >= 11 is 1.75. The first-order chi connectivity index (χ1) is 9.25. The standard InChI is InChI=1S/C13H13N3O2S/c17-12-6-5-9(14-15-12)13(18)16-7-8-19-11-4-2-1-3-10(11)16/h1-4H,5-8H2,(H,15,17). The number of nitrogens with one attached hydrogen (secondary N) is 1. The SMILES string of the molecule is O=C1CCC(C(=O)N2CCSc3ccccc32)=NN1. The molecule has 0 saturated carbocycles. The van der Waals surface area contributed by atoms with Gasteiger partial charge in [-0.05, 0) is 12.1 Å². The second-order valence-electron chi connectivity index (χ2n) is 4.37. The second-order valence-corrected chi connectivity index (χ2v) is 5.50. The van der Waals surface area contributed by atoms with Crippen molar-refractivity contribution in [3.63, 3.8) is 0 Å². The van der Waals surface area contributed by atoms with E-state index >= 15 is 0 Å². The van der Waals surface area contributed by atoms with Gasteiger partial charge in [0, 0.05) is 30.0 Å². The highest BCUT2D eigenvalue weighted by molar-refractivity contribution is 7.99. The largest absolute Gasteiger partial charge is 0.305 e. The highest BCUT2D eigenvalue weighted by Gasteiger charge is 2.27. The summed E-state index contributed by atoms with van der Waals surface area (Å²) < 4.78 is 0. The van der Waals surface area contributed by atoms with Gasteiger partial charge < -0.3 is 4.90 Å². The van der Waals surface area contributed by atoms with Gasteiger partial charge in [0.2, 0.25) is 5.91 Å². The molecule has 0 unspecified atom stereocenters. The molecule has 2 aliphatic rings. The van der Waals surface area contributed by atoms with Gasteiger partial charge in [0.15, 0.2) is 0 Å². The Morgan fingerprint density at radius 2 is 2.16 bits per heavy atom. The number of hydrogen-bond donors (Lipinski definition) is 1. The molecule has 1 aromatic carbocycles. The predicted molar refractivity (Wildman–Crippen MR) is 74.3 cm³/mol. The summed E-state index contributed by atoms with van der Waals surface area (Å²) in [4.78, 5) is 26.4. The Morgan fingerprint density at radius 3 is 2.95 bits per heavy atom. The van der Waals surface area contributed by atoms with Crippen LogP contribution in [0.15, 0.2) is 34.3 Å². The zero-order valence-corrected chi connectivity index (χ0v) is 11.1. The molecule has 0 fully saturated rings. The van der Waals surface area contributed by atoms with Crippen LogP contribution in [0.1, 0.15) is 12.8 Å². The van der Waals surface area contributed by atoms with E-state index in [0.29, 0.717) is 25.1 Å². The van der Waals surface area contributed by atoms with Crippen LogP contribution in [-0.2, 0) is 9.59 Å². The predicted octanol–water partition coefficient (Wildman–Crippen LogP) is 1.39. The number of benzene rings is 1. The summed E-state index contributed by atoms with van der Waals surface area (Å²) in [5.41, 5.74) is 3.74. The van der Waals surface area contributed by atoms with Gasteiger partial charge in [-0.1, -0.05) is 12.1 Å². The van der Waals surface area contributed by atoms with Crippen LogP contribution in [0.3, 0.4) is 0 Å². The van der Waals surface area contributed by atoms with Crippen molar-refractivity contribution < 1.29 is 9.59 Å². The number of anilines is 1. The Balaban J connectivity index is 1.87. The Bertz CT molecular complexity index is 571. The lowest BCUT2D eigenvalue weighted by Gasteiger charge is -2.29. The lowest BCUT2D eigenvalue weighted by molar-refractivity contribution is -0.121. The fourth-order valence-electron chi connectivity index (χ4n) is 2.16. The van der Waals surface area contributed by atoms with Crippen molar-refractivity contribution in [2.45, 2.75) is 17.7 Å². The van der Waals surface area contributed by atoms with Crippen LogP contribution in [0.2, 0.25) is 0 Å². The van der Waals surface area contributed by atoms with Crippen LogP contribution in [0.25, 0.3) is 0 Å².